The maximum Gasteiger partial charge on any atom is 0.205 e. The Hall–Kier alpha value is -2.75. The van der Waals surface area contributed by atoms with Gasteiger partial charge in [-0.05, 0) is 32.8 Å². The SMILES string of the molecule is c1ccc2c(c1)cc(-c1nn[nH]n1)c1ccccc12. The van der Waals surface area contributed by atoms with Crippen LogP contribution in [-0.2, 0) is 0 Å². The Labute approximate surface area is 109 Å². The summed E-state index contributed by atoms with van der Waals surface area (Å²) in [6.45, 7) is 0. The van der Waals surface area contributed by atoms with Crippen molar-refractivity contribution in [1.29, 1.82) is 0 Å². The lowest BCUT2D eigenvalue weighted by molar-refractivity contribution is 0.881. The van der Waals surface area contributed by atoms with Crippen LogP contribution >= 0.6 is 0 Å². The van der Waals surface area contributed by atoms with Crippen LogP contribution in [0.25, 0.3) is 32.9 Å². The van der Waals surface area contributed by atoms with Crippen molar-refractivity contribution in [1.82, 2.24) is 20.6 Å². The van der Waals surface area contributed by atoms with E-state index in [2.05, 4.69) is 63.1 Å². The zero-order valence-corrected chi connectivity index (χ0v) is 10.0. The van der Waals surface area contributed by atoms with Gasteiger partial charge >= 0.3 is 0 Å². The number of tetrazole rings is 1. The summed E-state index contributed by atoms with van der Waals surface area (Å²) in [7, 11) is 0. The summed E-state index contributed by atoms with van der Waals surface area (Å²) < 4.78 is 0. The molecule has 0 aliphatic heterocycles. The lowest BCUT2D eigenvalue weighted by Gasteiger charge is -2.07. The van der Waals surface area contributed by atoms with Gasteiger partial charge in [-0.25, -0.2) is 0 Å². The molecule has 0 unspecified atom stereocenters. The number of H-pyrrole nitrogens is 1. The molecule has 0 aliphatic rings. The van der Waals surface area contributed by atoms with Gasteiger partial charge < -0.3 is 0 Å². The van der Waals surface area contributed by atoms with Gasteiger partial charge in [0.1, 0.15) is 0 Å². The molecule has 4 heteroatoms. The smallest absolute Gasteiger partial charge is 0.177 e. The van der Waals surface area contributed by atoms with Crippen molar-refractivity contribution in [3.63, 3.8) is 0 Å². The minimum Gasteiger partial charge on any atom is -0.177 e. The first-order valence-electron chi connectivity index (χ1n) is 6.08. The Balaban J connectivity index is 2.22. The van der Waals surface area contributed by atoms with Gasteiger partial charge in [-0.15, -0.1) is 10.2 Å². The monoisotopic (exact) mass is 246 g/mol. The van der Waals surface area contributed by atoms with Crippen LogP contribution in [0.15, 0.2) is 54.6 Å². The first kappa shape index (κ1) is 10.2. The number of hydrogen-bond acceptors (Lipinski definition) is 3. The lowest BCUT2D eigenvalue weighted by atomic mass is 9.97. The fourth-order valence-electron chi connectivity index (χ4n) is 2.52. The number of hydrogen-bond donors (Lipinski definition) is 1. The summed E-state index contributed by atoms with van der Waals surface area (Å²) in [6, 6.07) is 18.7. The second kappa shape index (κ2) is 3.88. The average Bonchev–Trinajstić information content (AvgIpc) is 3.00. The predicted molar refractivity (Wildman–Crippen MR) is 74.6 cm³/mol. The normalized spacial score (nSPS) is 11.2. The van der Waals surface area contributed by atoms with Gasteiger partial charge in [-0.2, -0.15) is 5.21 Å². The fraction of sp³-hybridized carbons (Fsp3) is 0. The number of aromatic amines is 1. The summed E-state index contributed by atoms with van der Waals surface area (Å²) in [5, 5.41) is 19.1. The molecule has 0 spiro atoms. The highest BCUT2D eigenvalue weighted by Gasteiger charge is 2.10. The number of aromatic nitrogens is 4. The molecule has 1 heterocycles. The van der Waals surface area contributed by atoms with E-state index in [1.165, 1.54) is 16.2 Å². The van der Waals surface area contributed by atoms with Crippen molar-refractivity contribution >= 4 is 21.5 Å². The van der Waals surface area contributed by atoms with Crippen molar-refractivity contribution < 1.29 is 0 Å². The molecule has 4 rings (SSSR count). The molecule has 0 radical (unpaired) electrons. The highest BCUT2D eigenvalue weighted by atomic mass is 15.5. The maximum atomic E-state index is 4.10. The maximum absolute atomic E-state index is 4.10. The minimum atomic E-state index is 0.627. The van der Waals surface area contributed by atoms with Crippen LogP contribution in [0.1, 0.15) is 0 Å². The van der Waals surface area contributed by atoms with E-state index in [4.69, 9.17) is 0 Å². The molecule has 0 saturated heterocycles. The van der Waals surface area contributed by atoms with Gasteiger partial charge in [0.05, 0.1) is 0 Å². The molecular formula is C15H10N4. The molecule has 0 saturated carbocycles. The molecule has 19 heavy (non-hydrogen) atoms. The van der Waals surface area contributed by atoms with Crippen LogP contribution < -0.4 is 0 Å². The second-order valence-corrected chi connectivity index (χ2v) is 4.43. The van der Waals surface area contributed by atoms with E-state index in [9.17, 15) is 0 Å². The molecular weight excluding hydrogens is 236 g/mol. The molecule has 3 aromatic carbocycles. The van der Waals surface area contributed by atoms with Gasteiger partial charge in [0.15, 0.2) is 0 Å². The van der Waals surface area contributed by atoms with Gasteiger partial charge in [-0.3, -0.25) is 0 Å². The summed E-state index contributed by atoms with van der Waals surface area (Å²) in [5.74, 6) is 0.627. The summed E-state index contributed by atoms with van der Waals surface area (Å²) in [6.07, 6.45) is 0. The Morgan fingerprint density at radius 2 is 1.53 bits per heavy atom. The van der Waals surface area contributed by atoms with Gasteiger partial charge in [0.2, 0.25) is 5.82 Å². The quantitative estimate of drug-likeness (QED) is 0.525. The molecule has 0 amide bonds. The van der Waals surface area contributed by atoms with E-state index in [1.807, 2.05) is 12.1 Å². The molecule has 1 N–H and O–H groups in total. The molecule has 4 nitrogen and oxygen atoms in total. The number of benzene rings is 3. The Morgan fingerprint density at radius 3 is 2.32 bits per heavy atom. The van der Waals surface area contributed by atoms with Gasteiger partial charge in [0, 0.05) is 5.56 Å². The summed E-state index contributed by atoms with van der Waals surface area (Å²) in [5.41, 5.74) is 1.00. The number of rotatable bonds is 1. The zero-order chi connectivity index (χ0) is 12.7. The summed E-state index contributed by atoms with van der Waals surface area (Å²) >= 11 is 0. The number of fused-ring (bicyclic) bond motifs is 3. The number of nitrogens with one attached hydrogen (secondary N) is 1. The molecule has 4 aromatic rings. The highest BCUT2D eigenvalue weighted by molar-refractivity contribution is 6.13. The largest absolute Gasteiger partial charge is 0.205 e. The Kier molecular flexibility index (Phi) is 2.08. The molecule has 0 aliphatic carbocycles. The zero-order valence-electron chi connectivity index (χ0n) is 10.0. The van der Waals surface area contributed by atoms with Crippen molar-refractivity contribution in [3.8, 4) is 11.4 Å². The first-order chi connectivity index (χ1) is 9.43. The first-order valence-corrected chi connectivity index (χ1v) is 6.08. The molecule has 0 bridgehead atoms. The molecule has 0 fully saturated rings. The van der Waals surface area contributed by atoms with Gasteiger partial charge in [0.25, 0.3) is 0 Å². The summed E-state index contributed by atoms with van der Waals surface area (Å²) in [4.78, 5) is 0. The van der Waals surface area contributed by atoms with Crippen LogP contribution in [0.5, 0.6) is 0 Å². The lowest BCUT2D eigenvalue weighted by Crippen LogP contribution is -1.86. The highest BCUT2D eigenvalue weighted by Crippen LogP contribution is 2.32. The van der Waals surface area contributed by atoms with Crippen LogP contribution in [0.4, 0.5) is 0 Å². The molecule has 0 atom stereocenters. The van der Waals surface area contributed by atoms with Crippen LogP contribution in [-0.4, -0.2) is 20.6 Å². The Bertz CT molecular complexity index is 866. The van der Waals surface area contributed by atoms with Gasteiger partial charge in [-0.1, -0.05) is 48.5 Å². The molecule has 90 valence electrons. The third kappa shape index (κ3) is 1.50. The average molecular weight is 246 g/mol. The topological polar surface area (TPSA) is 54.5 Å². The van der Waals surface area contributed by atoms with Crippen LogP contribution in [0, 0.1) is 0 Å². The van der Waals surface area contributed by atoms with E-state index < -0.39 is 0 Å². The van der Waals surface area contributed by atoms with Crippen molar-refractivity contribution in [3.05, 3.63) is 54.6 Å². The van der Waals surface area contributed by atoms with E-state index >= 15 is 0 Å². The van der Waals surface area contributed by atoms with E-state index in [0.29, 0.717) is 5.82 Å². The standard InChI is InChI=1S/C15H10N4/c1-2-6-11-10(5-1)9-14(15-16-18-19-17-15)13-8-4-3-7-12(11)13/h1-9H,(H,16,17,18,19). The minimum absolute atomic E-state index is 0.627. The van der Waals surface area contributed by atoms with Crippen molar-refractivity contribution in [2.75, 3.05) is 0 Å². The van der Waals surface area contributed by atoms with E-state index in [1.54, 1.807) is 0 Å². The third-order valence-electron chi connectivity index (χ3n) is 3.35. The predicted octanol–water partition coefficient (Wildman–Crippen LogP) is 3.17. The fourth-order valence-corrected chi connectivity index (χ4v) is 2.52. The van der Waals surface area contributed by atoms with Crippen molar-refractivity contribution in [2.24, 2.45) is 0 Å². The number of nitrogens with zero attached hydrogens (tertiary/aromatic N) is 3. The van der Waals surface area contributed by atoms with E-state index in [0.717, 1.165) is 10.9 Å². The Morgan fingerprint density at radius 1 is 0.789 bits per heavy atom. The van der Waals surface area contributed by atoms with Crippen molar-refractivity contribution in [2.45, 2.75) is 0 Å². The second-order valence-electron chi connectivity index (χ2n) is 4.43. The van der Waals surface area contributed by atoms with Crippen LogP contribution in [0.2, 0.25) is 0 Å². The van der Waals surface area contributed by atoms with Crippen LogP contribution in [0.3, 0.4) is 0 Å². The van der Waals surface area contributed by atoms with E-state index in [-0.39, 0.29) is 0 Å². The third-order valence-corrected chi connectivity index (χ3v) is 3.35. The molecule has 1 aromatic heterocycles.